The molecule has 1 amide bonds. The fraction of sp³-hybridized carbons (Fsp3) is 0.318. The van der Waals surface area contributed by atoms with E-state index in [1.165, 1.54) is 12.3 Å². The van der Waals surface area contributed by atoms with Crippen molar-refractivity contribution in [2.24, 2.45) is 0 Å². The van der Waals surface area contributed by atoms with Gasteiger partial charge in [0, 0.05) is 38.1 Å². The lowest BCUT2D eigenvalue weighted by Gasteiger charge is -2.40. The summed E-state index contributed by atoms with van der Waals surface area (Å²) in [6, 6.07) is 2.38. The number of sulfone groups is 1. The standard InChI is InChI=1S/C22H22ClFN6O4S/c1-5-16(31)28-8-9-29(13(3)11-28)19-14-10-15(24)18(23)26-20(14)30(22(32)27-19)17-12(2)6-7-25-21(17)35(4,33)34/h5-7,10,13H,1,8-9,11H2,2-4H3/t13-/m0/s1. The van der Waals surface area contributed by atoms with Crippen LogP contribution in [0.25, 0.3) is 16.7 Å². The lowest BCUT2D eigenvalue weighted by molar-refractivity contribution is -0.126. The number of hydrogen-bond donors (Lipinski definition) is 0. The van der Waals surface area contributed by atoms with Crippen LogP contribution in [0.5, 0.6) is 0 Å². The number of rotatable bonds is 4. The second-order valence-corrected chi connectivity index (χ2v) is 10.6. The molecule has 1 aliphatic rings. The first-order valence-electron chi connectivity index (χ1n) is 10.6. The molecule has 1 atom stereocenters. The molecule has 3 aromatic heterocycles. The number of carbonyl (C=O) groups is 1. The molecule has 4 rings (SSSR count). The van der Waals surface area contributed by atoms with Crippen molar-refractivity contribution >= 4 is 44.2 Å². The van der Waals surface area contributed by atoms with Crippen LogP contribution in [-0.4, -0.2) is 70.7 Å². The Morgan fingerprint density at radius 3 is 2.66 bits per heavy atom. The van der Waals surface area contributed by atoms with E-state index in [0.29, 0.717) is 25.2 Å². The van der Waals surface area contributed by atoms with E-state index in [0.717, 1.165) is 16.9 Å². The van der Waals surface area contributed by atoms with E-state index in [4.69, 9.17) is 11.6 Å². The number of aromatic nitrogens is 4. The summed E-state index contributed by atoms with van der Waals surface area (Å²) in [4.78, 5) is 41.1. The SMILES string of the molecule is C=CC(=O)N1CCN(c2nc(=O)n(-c3c(C)ccnc3S(C)(=O)=O)c3nc(Cl)c(F)cc23)[C@@H](C)C1. The highest BCUT2D eigenvalue weighted by Crippen LogP contribution is 2.31. The maximum atomic E-state index is 14.6. The first-order valence-corrected chi connectivity index (χ1v) is 12.8. The van der Waals surface area contributed by atoms with Crippen molar-refractivity contribution in [1.82, 2.24) is 24.4 Å². The van der Waals surface area contributed by atoms with Crippen molar-refractivity contribution in [2.45, 2.75) is 24.9 Å². The van der Waals surface area contributed by atoms with Gasteiger partial charge in [-0.2, -0.15) is 4.98 Å². The molecule has 0 N–H and O–H groups in total. The van der Waals surface area contributed by atoms with Gasteiger partial charge in [0.1, 0.15) is 5.82 Å². The largest absolute Gasteiger partial charge is 0.355 e. The normalized spacial score (nSPS) is 16.5. The molecule has 0 saturated carbocycles. The number of pyridine rings is 2. The summed E-state index contributed by atoms with van der Waals surface area (Å²) in [6.45, 7) is 7.95. The maximum absolute atomic E-state index is 14.6. The lowest BCUT2D eigenvalue weighted by Crippen LogP contribution is -2.54. The molecule has 10 nitrogen and oxygen atoms in total. The summed E-state index contributed by atoms with van der Waals surface area (Å²) in [7, 11) is -3.85. The number of piperazine rings is 1. The van der Waals surface area contributed by atoms with Crippen LogP contribution >= 0.6 is 11.6 Å². The third-order valence-corrected chi connectivity index (χ3v) is 7.08. The molecule has 13 heteroatoms. The third-order valence-electron chi connectivity index (χ3n) is 5.81. The highest BCUT2D eigenvalue weighted by molar-refractivity contribution is 7.90. The van der Waals surface area contributed by atoms with Gasteiger partial charge in [-0.25, -0.2) is 32.1 Å². The third kappa shape index (κ3) is 4.39. The van der Waals surface area contributed by atoms with Crippen LogP contribution in [0.1, 0.15) is 12.5 Å². The minimum absolute atomic E-state index is 0.0336. The van der Waals surface area contributed by atoms with Crippen LogP contribution in [0.2, 0.25) is 5.15 Å². The van der Waals surface area contributed by atoms with Crippen molar-refractivity contribution in [3.05, 3.63) is 58.0 Å². The fourth-order valence-corrected chi connectivity index (χ4v) is 5.17. The van der Waals surface area contributed by atoms with Crippen LogP contribution in [0.4, 0.5) is 10.2 Å². The molecule has 0 aliphatic carbocycles. The van der Waals surface area contributed by atoms with Gasteiger partial charge < -0.3 is 9.80 Å². The first kappa shape index (κ1) is 24.7. The Labute approximate surface area is 205 Å². The highest BCUT2D eigenvalue weighted by Gasteiger charge is 2.30. The number of carbonyl (C=O) groups excluding carboxylic acids is 1. The average Bonchev–Trinajstić information content (AvgIpc) is 2.79. The van der Waals surface area contributed by atoms with Crippen molar-refractivity contribution in [1.29, 1.82) is 0 Å². The zero-order valence-corrected chi connectivity index (χ0v) is 20.8. The van der Waals surface area contributed by atoms with E-state index in [-0.39, 0.29) is 39.5 Å². The summed E-state index contributed by atoms with van der Waals surface area (Å²) < 4.78 is 40.5. The van der Waals surface area contributed by atoms with Gasteiger partial charge in [-0.05, 0) is 37.6 Å². The number of hydrogen-bond acceptors (Lipinski definition) is 8. The molecule has 35 heavy (non-hydrogen) atoms. The maximum Gasteiger partial charge on any atom is 0.355 e. The Morgan fingerprint density at radius 2 is 2.03 bits per heavy atom. The van der Waals surface area contributed by atoms with Crippen molar-refractivity contribution in [3.8, 4) is 5.69 Å². The molecule has 1 fully saturated rings. The quantitative estimate of drug-likeness (QED) is 0.378. The average molecular weight is 521 g/mol. The van der Waals surface area contributed by atoms with Crippen molar-refractivity contribution in [3.63, 3.8) is 0 Å². The first-order chi connectivity index (χ1) is 16.4. The molecule has 0 aromatic carbocycles. The molecule has 1 aliphatic heterocycles. The second kappa shape index (κ2) is 9.00. The van der Waals surface area contributed by atoms with Gasteiger partial charge >= 0.3 is 5.69 Å². The topological polar surface area (TPSA) is 118 Å². The molecule has 0 unspecified atom stereocenters. The molecule has 0 spiro atoms. The van der Waals surface area contributed by atoms with Gasteiger partial charge in [-0.3, -0.25) is 4.79 Å². The molecule has 0 bridgehead atoms. The minimum Gasteiger partial charge on any atom is -0.350 e. The van der Waals surface area contributed by atoms with Gasteiger partial charge in [0.25, 0.3) is 0 Å². The van der Waals surface area contributed by atoms with Gasteiger partial charge in [0.15, 0.2) is 31.5 Å². The Morgan fingerprint density at radius 1 is 1.31 bits per heavy atom. The molecule has 184 valence electrons. The Hall–Kier alpha value is -3.38. The predicted molar refractivity (Wildman–Crippen MR) is 129 cm³/mol. The number of nitrogens with zero attached hydrogens (tertiary/aromatic N) is 6. The van der Waals surface area contributed by atoms with Crippen LogP contribution in [-0.2, 0) is 14.6 Å². The van der Waals surface area contributed by atoms with E-state index in [9.17, 15) is 22.4 Å². The highest BCUT2D eigenvalue weighted by atomic mass is 35.5. The number of anilines is 1. The van der Waals surface area contributed by atoms with Crippen LogP contribution < -0.4 is 10.6 Å². The van der Waals surface area contributed by atoms with E-state index >= 15 is 0 Å². The zero-order chi connectivity index (χ0) is 25.7. The number of aryl methyl sites for hydroxylation is 1. The van der Waals surface area contributed by atoms with Crippen LogP contribution in [0.15, 0.2) is 40.8 Å². The van der Waals surface area contributed by atoms with Gasteiger partial charge in [-0.15, -0.1) is 0 Å². The number of amides is 1. The lowest BCUT2D eigenvalue weighted by atomic mass is 10.1. The molecule has 1 saturated heterocycles. The number of fused-ring (bicyclic) bond motifs is 1. The van der Waals surface area contributed by atoms with Gasteiger partial charge in [0.05, 0.1) is 11.1 Å². The van der Waals surface area contributed by atoms with Gasteiger partial charge in [0.2, 0.25) is 5.91 Å². The molecular formula is C22H22ClFN6O4S. The Kier molecular flexibility index (Phi) is 6.36. The predicted octanol–water partition coefficient (Wildman–Crippen LogP) is 1.90. The molecule has 0 radical (unpaired) electrons. The monoisotopic (exact) mass is 520 g/mol. The van der Waals surface area contributed by atoms with E-state index in [2.05, 4.69) is 21.5 Å². The summed E-state index contributed by atoms with van der Waals surface area (Å²) in [5.74, 6) is -0.888. The number of halogens is 2. The molecule has 4 heterocycles. The minimum atomic E-state index is -3.85. The van der Waals surface area contributed by atoms with Gasteiger partial charge in [-0.1, -0.05) is 18.2 Å². The summed E-state index contributed by atoms with van der Waals surface area (Å²) in [6.07, 6.45) is 3.52. The Bertz CT molecular complexity index is 1540. The summed E-state index contributed by atoms with van der Waals surface area (Å²) >= 11 is 5.98. The van der Waals surface area contributed by atoms with E-state index in [1.54, 1.807) is 22.8 Å². The summed E-state index contributed by atoms with van der Waals surface area (Å²) in [5, 5.41) is -0.674. The Balaban J connectivity index is 2.00. The zero-order valence-electron chi connectivity index (χ0n) is 19.2. The second-order valence-electron chi connectivity index (χ2n) is 8.27. The smallest absolute Gasteiger partial charge is 0.350 e. The van der Waals surface area contributed by atoms with Crippen LogP contribution in [0.3, 0.4) is 0 Å². The fourth-order valence-electron chi connectivity index (χ4n) is 4.17. The molecular weight excluding hydrogens is 499 g/mol. The van der Waals surface area contributed by atoms with Crippen molar-refractivity contribution < 1.29 is 17.6 Å². The van der Waals surface area contributed by atoms with E-state index in [1.807, 2.05) is 6.92 Å². The van der Waals surface area contributed by atoms with E-state index < -0.39 is 26.5 Å². The summed E-state index contributed by atoms with van der Waals surface area (Å²) in [5.41, 5.74) is -0.510. The molecule has 3 aromatic rings. The van der Waals surface area contributed by atoms with Crippen molar-refractivity contribution in [2.75, 3.05) is 30.8 Å². The van der Waals surface area contributed by atoms with Crippen LogP contribution in [0, 0.1) is 12.7 Å².